The number of nitrogens with zero attached hydrogens (tertiary/aromatic N) is 1. The maximum atomic E-state index is 12.2. The van der Waals surface area contributed by atoms with Gasteiger partial charge in [-0.05, 0) is 54.1 Å². The molecule has 0 spiro atoms. The standard InChI is InChI=1S/C25H27N3O3/c1-28(2)25(30)20-8-10-21(11-9-20)26-18-24(29)27-22-12-14-23(15-13-22)31-17-16-19-6-4-3-5-7-19/h3-15,26H,16-18H2,1-2H3,(H,27,29). The number of carbonyl (C=O) groups excluding carboxylic acids is 2. The van der Waals surface area contributed by atoms with Crippen LogP contribution in [0.15, 0.2) is 78.9 Å². The number of rotatable bonds is 9. The Kier molecular flexibility index (Phi) is 7.65. The van der Waals surface area contributed by atoms with Gasteiger partial charge in [0, 0.05) is 37.5 Å². The van der Waals surface area contributed by atoms with Crippen molar-refractivity contribution in [2.24, 2.45) is 0 Å². The Balaban J connectivity index is 1.41. The lowest BCUT2D eigenvalue weighted by atomic mass is 10.2. The average molecular weight is 418 g/mol. The predicted octanol–water partition coefficient (Wildman–Crippen LogP) is 4.06. The molecule has 2 amide bonds. The second-order valence-corrected chi connectivity index (χ2v) is 7.29. The molecule has 0 aromatic heterocycles. The molecule has 0 radical (unpaired) electrons. The molecule has 0 unspecified atom stereocenters. The van der Waals surface area contributed by atoms with Gasteiger partial charge in [-0.15, -0.1) is 0 Å². The first-order valence-corrected chi connectivity index (χ1v) is 10.1. The Morgan fingerprint density at radius 2 is 1.48 bits per heavy atom. The van der Waals surface area contributed by atoms with Crippen molar-refractivity contribution < 1.29 is 14.3 Å². The molecule has 0 aliphatic rings. The summed E-state index contributed by atoms with van der Waals surface area (Å²) in [7, 11) is 3.42. The third-order valence-corrected chi connectivity index (χ3v) is 4.63. The summed E-state index contributed by atoms with van der Waals surface area (Å²) in [6, 6.07) is 24.5. The average Bonchev–Trinajstić information content (AvgIpc) is 2.79. The zero-order valence-electron chi connectivity index (χ0n) is 17.8. The van der Waals surface area contributed by atoms with E-state index in [-0.39, 0.29) is 18.4 Å². The van der Waals surface area contributed by atoms with Crippen LogP contribution in [0.2, 0.25) is 0 Å². The highest BCUT2D eigenvalue weighted by atomic mass is 16.5. The smallest absolute Gasteiger partial charge is 0.253 e. The third kappa shape index (κ3) is 6.89. The van der Waals surface area contributed by atoms with Crippen LogP contribution in [-0.4, -0.2) is 44.0 Å². The van der Waals surface area contributed by atoms with Crippen molar-refractivity contribution in [3.8, 4) is 5.75 Å². The van der Waals surface area contributed by atoms with Gasteiger partial charge in [-0.3, -0.25) is 9.59 Å². The van der Waals surface area contributed by atoms with Crippen molar-refractivity contribution in [3.63, 3.8) is 0 Å². The molecule has 0 fully saturated rings. The molecule has 0 heterocycles. The lowest BCUT2D eigenvalue weighted by Gasteiger charge is -2.12. The summed E-state index contributed by atoms with van der Waals surface area (Å²) in [6.45, 7) is 0.717. The fourth-order valence-corrected chi connectivity index (χ4v) is 2.94. The molecule has 6 nitrogen and oxygen atoms in total. The molecule has 0 aliphatic carbocycles. The minimum Gasteiger partial charge on any atom is -0.493 e. The zero-order valence-corrected chi connectivity index (χ0v) is 17.8. The maximum Gasteiger partial charge on any atom is 0.253 e. The van der Waals surface area contributed by atoms with Gasteiger partial charge >= 0.3 is 0 Å². The fourth-order valence-electron chi connectivity index (χ4n) is 2.94. The number of ether oxygens (including phenoxy) is 1. The Hall–Kier alpha value is -3.80. The van der Waals surface area contributed by atoms with Crippen LogP contribution >= 0.6 is 0 Å². The summed E-state index contributed by atoms with van der Waals surface area (Å²) >= 11 is 0. The van der Waals surface area contributed by atoms with Crippen LogP contribution < -0.4 is 15.4 Å². The van der Waals surface area contributed by atoms with Crippen molar-refractivity contribution in [3.05, 3.63) is 90.0 Å². The molecule has 0 saturated heterocycles. The molecule has 3 aromatic rings. The van der Waals surface area contributed by atoms with Crippen molar-refractivity contribution in [1.29, 1.82) is 0 Å². The predicted molar refractivity (Wildman–Crippen MR) is 124 cm³/mol. The monoisotopic (exact) mass is 417 g/mol. The lowest BCUT2D eigenvalue weighted by molar-refractivity contribution is -0.114. The van der Waals surface area contributed by atoms with Gasteiger partial charge in [0.1, 0.15) is 5.75 Å². The second kappa shape index (κ2) is 10.8. The SMILES string of the molecule is CN(C)C(=O)c1ccc(NCC(=O)Nc2ccc(OCCc3ccccc3)cc2)cc1. The van der Waals surface area contributed by atoms with E-state index in [9.17, 15) is 9.59 Å². The van der Waals surface area contributed by atoms with Crippen LogP contribution in [0.1, 0.15) is 15.9 Å². The third-order valence-electron chi connectivity index (χ3n) is 4.63. The van der Waals surface area contributed by atoms with Crippen LogP contribution in [0.4, 0.5) is 11.4 Å². The summed E-state index contributed by atoms with van der Waals surface area (Å²) in [5, 5.41) is 5.90. The molecule has 3 rings (SSSR count). The van der Waals surface area contributed by atoms with Gasteiger partial charge in [0.2, 0.25) is 5.91 Å². The van der Waals surface area contributed by atoms with E-state index in [1.54, 1.807) is 38.4 Å². The van der Waals surface area contributed by atoms with Gasteiger partial charge in [-0.2, -0.15) is 0 Å². The van der Waals surface area contributed by atoms with Crippen LogP contribution in [0.3, 0.4) is 0 Å². The van der Waals surface area contributed by atoms with E-state index >= 15 is 0 Å². The first kappa shape index (κ1) is 21.9. The number of anilines is 2. The Labute approximate surface area is 182 Å². The van der Waals surface area contributed by atoms with E-state index in [4.69, 9.17) is 4.74 Å². The lowest BCUT2D eigenvalue weighted by Crippen LogP contribution is -2.22. The van der Waals surface area contributed by atoms with E-state index in [1.165, 1.54) is 10.5 Å². The van der Waals surface area contributed by atoms with Gasteiger partial charge in [-0.25, -0.2) is 0 Å². The van der Waals surface area contributed by atoms with Crippen LogP contribution in [0, 0.1) is 0 Å². The van der Waals surface area contributed by atoms with Crippen molar-refractivity contribution >= 4 is 23.2 Å². The van der Waals surface area contributed by atoms with Crippen LogP contribution in [0.25, 0.3) is 0 Å². The van der Waals surface area contributed by atoms with Crippen LogP contribution in [0.5, 0.6) is 5.75 Å². The van der Waals surface area contributed by atoms with E-state index in [0.717, 1.165) is 17.9 Å². The highest BCUT2D eigenvalue weighted by Crippen LogP contribution is 2.16. The van der Waals surface area contributed by atoms with Gasteiger partial charge in [0.25, 0.3) is 5.91 Å². The molecule has 0 aliphatic heterocycles. The zero-order chi connectivity index (χ0) is 22.1. The molecular weight excluding hydrogens is 390 g/mol. The normalized spacial score (nSPS) is 10.3. The summed E-state index contributed by atoms with van der Waals surface area (Å²) < 4.78 is 5.76. The molecular formula is C25H27N3O3. The van der Waals surface area contributed by atoms with Gasteiger partial charge < -0.3 is 20.3 Å². The molecule has 6 heteroatoms. The highest BCUT2D eigenvalue weighted by molar-refractivity contribution is 5.95. The topological polar surface area (TPSA) is 70.7 Å². The number of nitrogens with one attached hydrogen (secondary N) is 2. The molecule has 0 saturated carbocycles. The van der Waals surface area contributed by atoms with Crippen molar-refractivity contribution in [1.82, 2.24) is 4.90 Å². The van der Waals surface area contributed by atoms with E-state index in [2.05, 4.69) is 22.8 Å². The van der Waals surface area contributed by atoms with E-state index in [1.807, 2.05) is 42.5 Å². The van der Waals surface area contributed by atoms with E-state index in [0.29, 0.717) is 17.9 Å². The quantitative estimate of drug-likeness (QED) is 0.551. The number of benzene rings is 3. The first-order chi connectivity index (χ1) is 15.0. The highest BCUT2D eigenvalue weighted by Gasteiger charge is 2.08. The van der Waals surface area contributed by atoms with Crippen LogP contribution in [-0.2, 0) is 11.2 Å². The summed E-state index contributed by atoms with van der Waals surface area (Å²) in [5.74, 6) is 0.544. The molecule has 31 heavy (non-hydrogen) atoms. The minimum atomic E-state index is -0.161. The number of hydrogen-bond donors (Lipinski definition) is 2. The van der Waals surface area contributed by atoms with Crippen molar-refractivity contribution in [2.45, 2.75) is 6.42 Å². The van der Waals surface area contributed by atoms with E-state index < -0.39 is 0 Å². The summed E-state index contributed by atoms with van der Waals surface area (Å²) in [5.41, 5.74) is 3.31. The largest absolute Gasteiger partial charge is 0.493 e. The molecule has 0 bridgehead atoms. The summed E-state index contributed by atoms with van der Waals surface area (Å²) in [4.78, 5) is 25.6. The molecule has 3 aromatic carbocycles. The van der Waals surface area contributed by atoms with Crippen molar-refractivity contribution in [2.75, 3.05) is 37.9 Å². The van der Waals surface area contributed by atoms with Gasteiger partial charge in [0.15, 0.2) is 0 Å². The maximum absolute atomic E-state index is 12.2. The number of carbonyl (C=O) groups is 2. The Morgan fingerprint density at radius 3 is 2.13 bits per heavy atom. The molecule has 160 valence electrons. The van der Waals surface area contributed by atoms with Gasteiger partial charge in [0.05, 0.1) is 13.2 Å². The number of amides is 2. The summed E-state index contributed by atoms with van der Waals surface area (Å²) in [6.07, 6.45) is 0.843. The molecule has 0 atom stereocenters. The second-order valence-electron chi connectivity index (χ2n) is 7.29. The fraction of sp³-hybridized carbons (Fsp3) is 0.200. The first-order valence-electron chi connectivity index (χ1n) is 10.1. The minimum absolute atomic E-state index is 0.0585. The Bertz CT molecular complexity index is 985. The van der Waals surface area contributed by atoms with Gasteiger partial charge in [-0.1, -0.05) is 30.3 Å². The molecule has 2 N–H and O–H groups in total. The number of hydrogen-bond acceptors (Lipinski definition) is 4. The Morgan fingerprint density at radius 1 is 0.839 bits per heavy atom.